The Morgan fingerprint density at radius 2 is 1.35 bits per heavy atom. The lowest BCUT2D eigenvalue weighted by Crippen LogP contribution is -2.47. The molecule has 0 atom stereocenters. The van der Waals surface area contributed by atoms with Gasteiger partial charge in [0.25, 0.3) is 5.97 Å². The van der Waals surface area contributed by atoms with Gasteiger partial charge in [-0.1, -0.05) is 62.3 Å². The predicted molar refractivity (Wildman–Crippen MR) is 105 cm³/mol. The van der Waals surface area contributed by atoms with Crippen LogP contribution in [-0.2, 0) is 4.79 Å². The molecule has 0 amide bonds. The maximum Gasteiger partial charge on any atom is 0.292 e. The molecule has 2 nitrogen and oxygen atoms in total. The van der Waals surface area contributed by atoms with Gasteiger partial charge in [-0.05, 0) is 0 Å². The quantitative estimate of drug-likeness (QED) is 0.367. The van der Waals surface area contributed by atoms with Crippen LogP contribution in [0.1, 0.15) is 51.9 Å². The number of hydrogen-bond donors (Lipinski definition) is 1. The zero-order chi connectivity index (χ0) is 16.0. The number of hydrogen-bond acceptors (Lipinski definition) is 1. The Labute approximate surface area is 131 Å². The molecular formula is C12H30B6O2. The minimum Gasteiger partial charge on any atom is -0.482 e. The molecule has 0 aromatic rings. The van der Waals surface area contributed by atoms with E-state index in [4.69, 9.17) is 0 Å². The van der Waals surface area contributed by atoms with Gasteiger partial charge in [0.2, 0.25) is 0 Å². The van der Waals surface area contributed by atoms with Gasteiger partial charge in [0, 0.05) is 5.21 Å². The summed E-state index contributed by atoms with van der Waals surface area (Å²) in [6, 6.07) is 0. The molecule has 0 saturated carbocycles. The molecule has 108 valence electrons. The van der Waals surface area contributed by atoms with Crippen molar-refractivity contribution in [1.29, 1.82) is 0 Å². The molecule has 0 aliphatic rings. The zero-order valence-electron chi connectivity index (χ0n) is 14.8. The molecule has 0 unspecified atom stereocenters. The second kappa shape index (κ2) is 7.75. The summed E-state index contributed by atoms with van der Waals surface area (Å²) in [6.07, 6.45) is 8.84. The summed E-state index contributed by atoms with van der Waals surface area (Å²) in [5, 5.41) is 8.59. The second-order valence-corrected chi connectivity index (χ2v) is 7.96. The minimum absolute atomic E-state index is 0.0274. The molecule has 20 heavy (non-hydrogen) atoms. The Bertz CT molecular complexity index is 317. The van der Waals surface area contributed by atoms with Crippen molar-refractivity contribution in [3.05, 3.63) is 0 Å². The lowest BCUT2D eigenvalue weighted by atomic mass is 9.17. The van der Waals surface area contributed by atoms with E-state index in [1.807, 2.05) is 15.7 Å². The van der Waals surface area contributed by atoms with Crippen molar-refractivity contribution < 1.29 is 9.90 Å². The van der Waals surface area contributed by atoms with Crippen molar-refractivity contribution >= 4 is 53.0 Å². The maximum atomic E-state index is 11.6. The van der Waals surface area contributed by atoms with Crippen molar-refractivity contribution in [2.45, 2.75) is 67.5 Å². The van der Waals surface area contributed by atoms with Crippen LogP contribution in [-0.4, -0.2) is 58.2 Å². The predicted octanol–water partition coefficient (Wildman–Crippen LogP) is -2.03. The summed E-state index contributed by atoms with van der Waals surface area (Å²) in [5.41, 5.74) is 0. The van der Waals surface area contributed by atoms with Crippen molar-refractivity contribution in [2.75, 3.05) is 0 Å². The molecule has 0 fully saturated rings. The fourth-order valence-electron chi connectivity index (χ4n) is 2.77. The molecule has 0 heterocycles. The van der Waals surface area contributed by atoms with Crippen LogP contribution >= 0.6 is 0 Å². The van der Waals surface area contributed by atoms with Crippen molar-refractivity contribution in [3.63, 3.8) is 0 Å². The molecule has 0 aromatic carbocycles. The van der Waals surface area contributed by atoms with Gasteiger partial charge in [0.05, 0.1) is 31.4 Å². The number of carboxylic acid groups (broad SMARTS) is 1. The van der Waals surface area contributed by atoms with Crippen molar-refractivity contribution in [2.24, 2.45) is 0 Å². The normalized spacial score (nSPS) is 13.2. The highest BCUT2D eigenvalue weighted by Gasteiger charge is 2.50. The molecule has 0 bridgehead atoms. The maximum absolute atomic E-state index is 11.6. The molecule has 0 aliphatic carbocycles. The van der Waals surface area contributed by atoms with Crippen LogP contribution < -0.4 is 0 Å². The molecular weight excluding hydrogens is 241 g/mol. The van der Waals surface area contributed by atoms with Crippen LogP contribution in [0.4, 0.5) is 0 Å². The SMILES string of the molecule is BC(B)(CCCCCCCC)C(B)(B)C(B)(B)C(=O)O. The van der Waals surface area contributed by atoms with Crippen LogP contribution in [0.2, 0.25) is 15.6 Å². The Morgan fingerprint density at radius 3 is 1.80 bits per heavy atom. The third-order valence-electron chi connectivity index (χ3n) is 5.94. The van der Waals surface area contributed by atoms with Gasteiger partial charge in [0.1, 0.15) is 15.7 Å². The number of carboxylic acids is 1. The number of unbranched alkanes of at least 4 members (excludes halogenated alkanes) is 5. The van der Waals surface area contributed by atoms with Gasteiger partial charge in [-0.3, -0.25) is 4.79 Å². The summed E-state index contributed by atoms with van der Waals surface area (Å²) in [7, 11) is 12.4. The first-order chi connectivity index (χ1) is 9.00. The van der Waals surface area contributed by atoms with Gasteiger partial charge in [0.15, 0.2) is 0 Å². The average Bonchev–Trinajstić information content (AvgIpc) is 2.32. The lowest BCUT2D eigenvalue weighted by molar-refractivity contribution is -0.138. The van der Waals surface area contributed by atoms with E-state index in [0.717, 1.165) is 6.42 Å². The highest BCUT2D eigenvalue weighted by molar-refractivity contribution is 6.65. The summed E-state index contributed by atoms with van der Waals surface area (Å²) >= 11 is 0. The second-order valence-electron chi connectivity index (χ2n) is 7.96. The largest absolute Gasteiger partial charge is 0.482 e. The highest BCUT2D eigenvalue weighted by atomic mass is 16.4. The van der Waals surface area contributed by atoms with Crippen LogP contribution in [0.25, 0.3) is 0 Å². The summed E-state index contributed by atoms with van der Waals surface area (Å²) in [5.74, 6) is -0.696. The van der Waals surface area contributed by atoms with Gasteiger partial charge in [-0.2, -0.15) is 0 Å². The Morgan fingerprint density at radius 1 is 0.900 bits per heavy atom. The topological polar surface area (TPSA) is 37.3 Å². The first-order valence-electron chi connectivity index (χ1n) is 8.24. The summed E-state index contributed by atoms with van der Waals surface area (Å²) in [4.78, 5) is 11.6. The van der Waals surface area contributed by atoms with Gasteiger partial charge < -0.3 is 5.11 Å². The van der Waals surface area contributed by atoms with E-state index >= 15 is 0 Å². The van der Waals surface area contributed by atoms with Crippen LogP contribution in [0, 0.1) is 0 Å². The van der Waals surface area contributed by atoms with Crippen molar-refractivity contribution in [1.82, 2.24) is 0 Å². The third-order valence-corrected chi connectivity index (χ3v) is 5.94. The van der Waals surface area contributed by atoms with E-state index in [0.29, 0.717) is 0 Å². The van der Waals surface area contributed by atoms with Crippen molar-refractivity contribution in [3.8, 4) is 0 Å². The monoisotopic (exact) mass is 272 g/mol. The molecule has 1 N–H and O–H groups in total. The van der Waals surface area contributed by atoms with Crippen LogP contribution in [0.3, 0.4) is 0 Å². The fraction of sp³-hybridized carbons (Fsp3) is 0.917. The zero-order valence-corrected chi connectivity index (χ0v) is 14.8. The van der Waals surface area contributed by atoms with Gasteiger partial charge in [-0.15, -0.1) is 0 Å². The van der Waals surface area contributed by atoms with E-state index < -0.39 is 11.2 Å². The lowest BCUT2D eigenvalue weighted by Gasteiger charge is -2.51. The smallest absolute Gasteiger partial charge is 0.292 e. The summed E-state index contributed by atoms with van der Waals surface area (Å²) in [6.45, 7) is 2.24. The molecule has 0 aromatic heterocycles. The first-order valence-corrected chi connectivity index (χ1v) is 8.24. The van der Waals surface area contributed by atoms with E-state index in [2.05, 4.69) is 38.3 Å². The van der Waals surface area contributed by atoms with Crippen LogP contribution in [0.15, 0.2) is 0 Å². The average molecular weight is 271 g/mol. The summed E-state index contributed by atoms with van der Waals surface area (Å²) < 4.78 is 0. The molecule has 8 heteroatoms. The van der Waals surface area contributed by atoms with Crippen LogP contribution in [0.5, 0.6) is 0 Å². The van der Waals surface area contributed by atoms with E-state index in [9.17, 15) is 9.90 Å². The number of carbonyl (C=O) groups is 1. The third kappa shape index (κ3) is 4.70. The van der Waals surface area contributed by atoms with E-state index in [1.54, 1.807) is 0 Å². The molecule has 0 radical (unpaired) electrons. The Hall–Kier alpha value is -0.140. The molecule has 0 saturated heterocycles. The number of aliphatic carboxylic acids is 1. The molecule has 0 aliphatic heterocycles. The van der Waals surface area contributed by atoms with E-state index in [-0.39, 0.29) is 10.4 Å². The molecule has 0 rings (SSSR count). The fourth-order valence-corrected chi connectivity index (χ4v) is 2.77. The Balaban J connectivity index is 4.51. The standard InChI is InChI=1S/C12H30B6O2/c1-2-3-4-5-6-7-8-10(13,14)12(17,18)11(15,16)9(19)20/h2-8,13-18H2,1H3,(H,19,20). The first kappa shape index (κ1) is 19.9. The van der Waals surface area contributed by atoms with Gasteiger partial charge in [-0.25, -0.2) is 0 Å². The molecule has 0 spiro atoms. The highest BCUT2D eigenvalue weighted by Crippen LogP contribution is 2.58. The minimum atomic E-state index is -0.710. The number of rotatable bonds is 10. The Kier molecular flexibility index (Phi) is 7.70. The van der Waals surface area contributed by atoms with Gasteiger partial charge >= 0.3 is 0 Å². The van der Waals surface area contributed by atoms with E-state index in [1.165, 1.54) is 38.5 Å².